The highest BCUT2D eigenvalue weighted by Crippen LogP contribution is 2.11. The number of nitrogens with zero attached hydrogens (tertiary/aromatic N) is 1. The minimum atomic E-state index is 0.161. The third kappa shape index (κ3) is 3.15. The van der Waals surface area contributed by atoms with Gasteiger partial charge in [-0.1, -0.05) is 0 Å². The first kappa shape index (κ1) is 10.2. The van der Waals surface area contributed by atoms with Gasteiger partial charge in [0.05, 0.1) is 0 Å². The normalized spacial score (nSPS) is 11.7. The SMILES string of the molecule is CNC(C)(C)Cc1ccnc(C)c1. The molecule has 0 amide bonds. The van der Waals surface area contributed by atoms with Crippen molar-refractivity contribution in [3.05, 3.63) is 29.6 Å². The van der Waals surface area contributed by atoms with Crippen molar-refractivity contribution in [3.8, 4) is 0 Å². The van der Waals surface area contributed by atoms with Crippen molar-refractivity contribution in [1.29, 1.82) is 0 Å². The van der Waals surface area contributed by atoms with Gasteiger partial charge < -0.3 is 5.32 Å². The average molecular weight is 178 g/mol. The van der Waals surface area contributed by atoms with E-state index >= 15 is 0 Å². The van der Waals surface area contributed by atoms with E-state index in [0.717, 1.165) is 12.1 Å². The maximum Gasteiger partial charge on any atom is 0.0375 e. The number of hydrogen-bond acceptors (Lipinski definition) is 2. The summed E-state index contributed by atoms with van der Waals surface area (Å²) in [5.41, 5.74) is 2.59. The van der Waals surface area contributed by atoms with Crippen LogP contribution in [0.5, 0.6) is 0 Å². The van der Waals surface area contributed by atoms with E-state index in [1.54, 1.807) is 0 Å². The fourth-order valence-electron chi connectivity index (χ4n) is 1.31. The molecule has 0 radical (unpaired) electrons. The van der Waals surface area contributed by atoms with Crippen molar-refractivity contribution in [2.75, 3.05) is 7.05 Å². The summed E-state index contributed by atoms with van der Waals surface area (Å²) in [4.78, 5) is 4.18. The summed E-state index contributed by atoms with van der Waals surface area (Å²) in [6.07, 6.45) is 2.91. The number of aromatic nitrogens is 1. The lowest BCUT2D eigenvalue weighted by molar-refractivity contribution is 0.422. The molecule has 0 aliphatic heterocycles. The van der Waals surface area contributed by atoms with Crippen LogP contribution in [0, 0.1) is 6.92 Å². The quantitative estimate of drug-likeness (QED) is 0.765. The Morgan fingerprint density at radius 3 is 2.69 bits per heavy atom. The van der Waals surface area contributed by atoms with Gasteiger partial charge in [-0.25, -0.2) is 0 Å². The third-order valence-electron chi connectivity index (χ3n) is 2.28. The largest absolute Gasteiger partial charge is 0.314 e. The fourth-order valence-corrected chi connectivity index (χ4v) is 1.31. The Morgan fingerprint density at radius 1 is 1.46 bits per heavy atom. The highest BCUT2D eigenvalue weighted by atomic mass is 14.9. The predicted molar refractivity (Wildman–Crippen MR) is 55.8 cm³/mol. The molecule has 0 saturated heterocycles. The Morgan fingerprint density at radius 2 is 2.15 bits per heavy atom. The molecule has 0 fully saturated rings. The second-order valence-electron chi connectivity index (χ2n) is 4.12. The van der Waals surface area contributed by atoms with Crippen LogP contribution in [-0.4, -0.2) is 17.6 Å². The van der Waals surface area contributed by atoms with Gasteiger partial charge in [-0.2, -0.15) is 0 Å². The van der Waals surface area contributed by atoms with Crippen LogP contribution in [0.1, 0.15) is 25.1 Å². The van der Waals surface area contributed by atoms with E-state index in [1.807, 2.05) is 20.2 Å². The van der Waals surface area contributed by atoms with Gasteiger partial charge in [-0.05, 0) is 51.9 Å². The molecule has 1 N–H and O–H groups in total. The van der Waals surface area contributed by atoms with Crippen molar-refractivity contribution >= 4 is 0 Å². The van der Waals surface area contributed by atoms with E-state index in [1.165, 1.54) is 5.56 Å². The summed E-state index contributed by atoms with van der Waals surface area (Å²) in [5.74, 6) is 0. The Bertz CT molecular complexity index is 279. The van der Waals surface area contributed by atoms with E-state index in [9.17, 15) is 0 Å². The molecule has 0 aromatic carbocycles. The van der Waals surface area contributed by atoms with Gasteiger partial charge in [0.25, 0.3) is 0 Å². The molecule has 1 heterocycles. The van der Waals surface area contributed by atoms with Gasteiger partial charge >= 0.3 is 0 Å². The summed E-state index contributed by atoms with van der Waals surface area (Å²) in [6.45, 7) is 6.42. The van der Waals surface area contributed by atoms with E-state index in [2.05, 4.69) is 36.3 Å². The highest BCUT2D eigenvalue weighted by molar-refractivity contribution is 5.17. The van der Waals surface area contributed by atoms with Crippen LogP contribution in [0.3, 0.4) is 0 Å². The Kier molecular flexibility index (Phi) is 3.04. The minimum absolute atomic E-state index is 0.161. The van der Waals surface area contributed by atoms with Crippen molar-refractivity contribution < 1.29 is 0 Å². The first-order valence-corrected chi connectivity index (χ1v) is 4.64. The van der Waals surface area contributed by atoms with Gasteiger partial charge in [0, 0.05) is 17.4 Å². The minimum Gasteiger partial charge on any atom is -0.314 e. The van der Waals surface area contributed by atoms with Crippen LogP contribution in [0.4, 0.5) is 0 Å². The van der Waals surface area contributed by atoms with Crippen molar-refractivity contribution in [2.24, 2.45) is 0 Å². The zero-order chi connectivity index (χ0) is 9.90. The monoisotopic (exact) mass is 178 g/mol. The lowest BCUT2D eigenvalue weighted by Crippen LogP contribution is -2.38. The fraction of sp³-hybridized carbons (Fsp3) is 0.545. The van der Waals surface area contributed by atoms with Crippen molar-refractivity contribution in [1.82, 2.24) is 10.3 Å². The molecular formula is C11H18N2. The molecular weight excluding hydrogens is 160 g/mol. The zero-order valence-electron chi connectivity index (χ0n) is 8.89. The maximum atomic E-state index is 4.18. The van der Waals surface area contributed by atoms with Gasteiger partial charge in [0.15, 0.2) is 0 Å². The highest BCUT2D eigenvalue weighted by Gasteiger charge is 2.14. The lowest BCUT2D eigenvalue weighted by atomic mass is 9.95. The molecule has 0 spiro atoms. The molecule has 0 atom stereocenters. The van der Waals surface area contributed by atoms with Crippen LogP contribution in [0.15, 0.2) is 18.3 Å². The Labute approximate surface area is 80.4 Å². The molecule has 0 aliphatic carbocycles. The lowest BCUT2D eigenvalue weighted by Gasteiger charge is -2.23. The molecule has 13 heavy (non-hydrogen) atoms. The first-order valence-electron chi connectivity index (χ1n) is 4.64. The number of hydrogen-bond donors (Lipinski definition) is 1. The van der Waals surface area contributed by atoms with Crippen LogP contribution >= 0.6 is 0 Å². The van der Waals surface area contributed by atoms with E-state index in [0.29, 0.717) is 0 Å². The first-order chi connectivity index (χ1) is 6.03. The number of pyridine rings is 1. The van der Waals surface area contributed by atoms with Crippen LogP contribution in [0.25, 0.3) is 0 Å². The number of nitrogens with one attached hydrogen (secondary N) is 1. The molecule has 2 heteroatoms. The zero-order valence-corrected chi connectivity index (χ0v) is 8.89. The molecule has 0 bridgehead atoms. The molecule has 2 nitrogen and oxygen atoms in total. The number of likely N-dealkylation sites (N-methyl/N-ethyl adjacent to an activating group) is 1. The van der Waals surface area contributed by atoms with Gasteiger partial charge in [0.2, 0.25) is 0 Å². The smallest absolute Gasteiger partial charge is 0.0375 e. The summed E-state index contributed by atoms with van der Waals surface area (Å²) in [7, 11) is 1.99. The van der Waals surface area contributed by atoms with Gasteiger partial charge in [-0.15, -0.1) is 0 Å². The predicted octanol–water partition coefficient (Wildman–Crippen LogP) is 1.93. The second-order valence-corrected chi connectivity index (χ2v) is 4.12. The van der Waals surface area contributed by atoms with Crippen molar-refractivity contribution in [3.63, 3.8) is 0 Å². The number of rotatable bonds is 3. The van der Waals surface area contributed by atoms with Crippen LogP contribution < -0.4 is 5.32 Å². The van der Waals surface area contributed by atoms with Gasteiger partial charge in [-0.3, -0.25) is 4.98 Å². The summed E-state index contributed by atoms with van der Waals surface area (Å²) in [6, 6.07) is 4.21. The molecule has 0 aliphatic rings. The second kappa shape index (κ2) is 3.88. The standard InChI is InChI=1S/C11H18N2/c1-9-7-10(5-6-13-9)8-11(2,3)12-4/h5-7,12H,8H2,1-4H3. The van der Waals surface area contributed by atoms with Crippen molar-refractivity contribution in [2.45, 2.75) is 32.7 Å². The van der Waals surface area contributed by atoms with Gasteiger partial charge in [0.1, 0.15) is 0 Å². The van der Waals surface area contributed by atoms with E-state index in [-0.39, 0.29) is 5.54 Å². The van der Waals surface area contributed by atoms with Crippen LogP contribution in [0.2, 0.25) is 0 Å². The summed E-state index contributed by atoms with van der Waals surface area (Å²) in [5, 5.41) is 3.29. The molecule has 0 unspecified atom stereocenters. The molecule has 72 valence electrons. The molecule has 1 aromatic rings. The molecule has 1 rings (SSSR count). The van der Waals surface area contributed by atoms with E-state index < -0.39 is 0 Å². The average Bonchev–Trinajstić information content (AvgIpc) is 2.03. The third-order valence-corrected chi connectivity index (χ3v) is 2.28. The number of aryl methyl sites for hydroxylation is 1. The summed E-state index contributed by atoms with van der Waals surface area (Å²) < 4.78 is 0. The Hall–Kier alpha value is -0.890. The topological polar surface area (TPSA) is 24.9 Å². The maximum absolute atomic E-state index is 4.18. The van der Waals surface area contributed by atoms with E-state index in [4.69, 9.17) is 0 Å². The van der Waals surface area contributed by atoms with Crippen LogP contribution in [-0.2, 0) is 6.42 Å². The summed E-state index contributed by atoms with van der Waals surface area (Å²) >= 11 is 0. The molecule has 1 aromatic heterocycles. The Balaban J connectivity index is 2.74. The molecule has 0 saturated carbocycles.